The average molecular weight is 624 g/mol. The van der Waals surface area contributed by atoms with E-state index in [9.17, 15) is 19.5 Å². The van der Waals surface area contributed by atoms with E-state index < -0.39 is 17.8 Å². The van der Waals surface area contributed by atoms with Crippen molar-refractivity contribution in [1.82, 2.24) is 14.8 Å². The molecule has 2 N–H and O–H groups in total. The number of amides is 2. The van der Waals surface area contributed by atoms with Gasteiger partial charge in [-0.05, 0) is 75.7 Å². The van der Waals surface area contributed by atoms with Gasteiger partial charge in [0.25, 0.3) is 5.91 Å². The number of hydrogen-bond donors (Lipinski definition) is 2. The lowest BCUT2D eigenvalue weighted by Crippen LogP contribution is -2.37. The van der Waals surface area contributed by atoms with Crippen molar-refractivity contribution >= 4 is 74.8 Å². The standard InChI is InChI=1S/C29H26ClN5O5S2/c1-16-21(31-15-41-16)14-34(28(39)40-29(2,3)4)25-20-10-9-19(13-22(20)35(33-25)27(37)38)32-26(36)24-12-11-23(42-24)17-5-7-18(30)8-6-17/h5-13,15H,14H2,1-4H3,(H,32,36)(H,37,38). The number of carbonyl (C=O) groups excluding carboxylic acids is 2. The highest BCUT2D eigenvalue weighted by molar-refractivity contribution is 7.17. The third kappa shape index (κ3) is 6.30. The van der Waals surface area contributed by atoms with E-state index in [1.807, 2.05) is 25.1 Å². The van der Waals surface area contributed by atoms with Crippen molar-refractivity contribution in [3.05, 3.63) is 80.6 Å². The molecular weight excluding hydrogens is 598 g/mol. The van der Waals surface area contributed by atoms with Gasteiger partial charge in [-0.25, -0.2) is 14.6 Å². The lowest BCUT2D eigenvalue weighted by Gasteiger charge is -2.26. The molecule has 5 aromatic rings. The molecule has 0 bridgehead atoms. The maximum atomic E-state index is 13.3. The van der Waals surface area contributed by atoms with Crippen LogP contribution in [-0.4, -0.2) is 43.6 Å². The number of ether oxygens (including phenoxy) is 1. The Hall–Kier alpha value is -4.26. The third-order valence-electron chi connectivity index (χ3n) is 6.08. The summed E-state index contributed by atoms with van der Waals surface area (Å²) < 4.78 is 6.40. The van der Waals surface area contributed by atoms with E-state index >= 15 is 0 Å². The van der Waals surface area contributed by atoms with Crippen molar-refractivity contribution in [3.63, 3.8) is 0 Å². The van der Waals surface area contributed by atoms with Crippen molar-refractivity contribution in [2.75, 3.05) is 10.2 Å². The Morgan fingerprint density at radius 2 is 1.83 bits per heavy atom. The van der Waals surface area contributed by atoms with E-state index in [1.165, 1.54) is 33.6 Å². The minimum atomic E-state index is -1.35. The van der Waals surface area contributed by atoms with Gasteiger partial charge in [0.2, 0.25) is 0 Å². The number of nitrogens with zero attached hydrogens (tertiary/aromatic N) is 4. The first-order valence-corrected chi connectivity index (χ1v) is 14.8. The molecule has 0 saturated heterocycles. The zero-order chi connectivity index (χ0) is 30.2. The van der Waals surface area contributed by atoms with Gasteiger partial charge in [-0.3, -0.25) is 9.69 Å². The number of halogens is 1. The summed E-state index contributed by atoms with van der Waals surface area (Å²) in [7, 11) is 0. The number of hydrogen-bond acceptors (Lipinski definition) is 8. The molecule has 5 rings (SSSR count). The Kier molecular flexibility index (Phi) is 8.04. The highest BCUT2D eigenvalue weighted by Gasteiger charge is 2.30. The Balaban J connectivity index is 1.48. The van der Waals surface area contributed by atoms with Gasteiger partial charge in [-0.1, -0.05) is 23.7 Å². The van der Waals surface area contributed by atoms with Gasteiger partial charge < -0.3 is 15.2 Å². The zero-order valence-electron chi connectivity index (χ0n) is 23.0. The summed E-state index contributed by atoms with van der Waals surface area (Å²) >= 11 is 8.73. The third-order valence-corrected chi connectivity index (χ3v) is 8.27. The van der Waals surface area contributed by atoms with Gasteiger partial charge in [-0.15, -0.1) is 27.8 Å². The SMILES string of the molecule is Cc1scnc1CN(C(=O)OC(C)(C)C)c1nn(C(=O)O)c2cc(NC(=O)c3ccc(-c4ccc(Cl)cc4)s3)ccc12. The molecule has 3 heterocycles. The molecule has 10 nitrogen and oxygen atoms in total. The summed E-state index contributed by atoms with van der Waals surface area (Å²) in [4.78, 5) is 46.5. The maximum absolute atomic E-state index is 13.3. The lowest BCUT2D eigenvalue weighted by molar-refractivity contribution is 0.0575. The van der Waals surface area contributed by atoms with Crippen LogP contribution in [-0.2, 0) is 11.3 Å². The quantitative estimate of drug-likeness (QED) is 0.197. The summed E-state index contributed by atoms with van der Waals surface area (Å²) in [5.41, 5.74) is 3.00. The van der Waals surface area contributed by atoms with Gasteiger partial charge in [-0.2, -0.15) is 4.68 Å². The molecule has 0 aliphatic rings. The molecule has 2 aromatic carbocycles. The summed E-state index contributed by atoms with van der Waals surface area (Å²) in [6.07, 6.45) is -2.05. The van der Waals surface area contributed by atoms with Crippen LogP contribution in [0.25, 0.3) is 21.3 Å². The van der Waals surface area contributed by atoms with Crippen LogP contribution in [0.5, 0.6) is 0 Å². The Morgan fingerprint density at radius 3 is 2.48 bits per heavy atom. The average Bonchev–Trinajstić information content (AvgIpc) is 3.65. The maximum Gasteiger partial charge on any atom is 0.432 e. The van der Waals surface area contributed by atoms with Gasteiger partial charge in [0, 0.05) is 25.9 Å². The van der Waals surface area contributed by atoms with Crippen LogP contribution < -0.4 is 10.2 Å². The highest BCUT2D eigenvalue weighted by atomic mass is 35.5. The molecule has 0 saturated carbocycles. The molecule has 0 atom stereocenters. The van der Waals surface area contributed by atoms with Crippen molar-refractivity contribution in [2.24, 2.45) is 0 Å². The second kappa shape index (κ2) is 11.6. The first kappa shape index (κ1) is 29.2. The van der Waals surface area contributed by atoms with Gasteiger partial charge in [0.1, 0.15) is 5.60 Å². The van der Waals surface area contributed by atoms with Crippen molar-refractivity contribution in [3.8, 4) is 10.4 Å². The number of benzene rings is 2. The van der Waals surface area contributed by atoms with E-state index in [1.54, 1.807) is 56.6 Å². The molecule has 0 spiro atoms. The Labute approximate surface area is 254 Å². The molecule has 3 aromatic heterocycles. The van der Waals surface area contributed by atoms with Crippen LogP contribution in [0.1, 0.15) is 41.0 Å². The Morgan fingerprint density at radius 1 is 1.10 bits per heavy atom. The molecule has 0 aliphatic heterocycles. The fourth-order valence-corrected chi connectivity index (χ4v) is 5.74. The highest BCUT2D eigenvalue weighted by Crippen LogP contribution is 2.33. The summed E-state index contributed by atoms with van der Waals surface area (Å²) in [5, 5.41) is 18.1. The van der Waals surface area contributed by atoms with Crippen LogP contribution in [0.4, 0.5) is 21.1 Å². The fraction of sp³-hybridized carbons (Fsp3) is 0.207. The zero-order valence-corrected chi connectivity index (χ0v) is 25.4. The molecular formula is C29H26ClN5O5S2. The lowest BCUT2D eigenvalue weighted by atomic mass is 10.2. The monoisotopic (exact) mass is 623 g/mol. The second-order valence-corrected chi connectivity index (χ2v) is 12.9. The molecule has 216 valence electrons. The molecule has 0 unspecified atom stereocenters. The van der Waals surface area contributed by atoms with Crippen molar-refractivity contribution in [1.29, 1.82) is 0 Å². The smallest absolute Gasteiger partial charge is 0.432 e. The number of carboxylic acid groups (broad SMARTS) is 1. The first-order valence-electron chi connectivity index (χ1n) is 12.7. The predicted molar refractivity (Wildman–Crippen MR) is 165 cm³/mol. The minimum Gasteiger partial charge on any atom is -0.463 e. The summed E-state index contributed by atoms with van der Waals surface area (Å²) in [6, 6.07) is 15.7. The number of fused-ring (bicyclic) bond motifs is 1. The van der Waals surface area contributed by atoms with Crippen LogP contribution >= 0.6 is 34.3 Å². The predicted octanol–water partition coefficient (Wildman–Crippen LogP) is 7.90. The summed E-state index contributed by atoms with van der Waals surface area (Å²) in [6.45, 7) is 7.14. The van der Waals surface area contributed by atoms with Crippen LogP contribution in [0.15, 0.2) is 60.1 Å². The molecule has 13 heteroatoms. The number of rotatable bonds is 6. The largest absolute Gasteiger partial charge is 0.463 e. The van der Waals surface area contributed by atoms with Crippen LogP contribution in [0.2, 0.25) is 5.02 Å². The number of aryl methyl sites for hydroxylation is 1. The van der Waals surface area contributed by atoms with Gasteiger partial charge >= 0.3 is 12.2 Å². The van der Waals surface area contributed by atoms with Crippen molar-refractivity contribution in [2.45, 2.75) is 39.8 Å². The molecule has 2 amide bonds. The van der Waals surface area contributed by atoms with Crippen LogP contribution in [0, 0.1) is 6.92 Å². The van der Waals surface area contributed by atoms with E-state index in [2.05, 4.69) is 15.4 Å². The van der Waals surface area contributed by atoms with Crippen LogP contribution in [0.3, 0.4) is 0 Å². The number of thiazole rings is 1. The Bertz CT molecular complexity index is 1800. The number of aromatic nitrogens is 3. The van der Waals surface area contributed by atoms with E-state index in [-0.39, 0.29) is 23.8 Å². The number of thiophene rings is 1. The number of carbonyl (C=O) groups is 3. The minimum absolute atomic E-state index is 0.0306. The first-order chi connectivity index (χ1) is 19.9. The van der Waals surface area contributed by atoms with Gasteiger partial charge in [0.15, 0.2) is 5.82 Å². The molecule has 0 radical (unpaired) electrons. The van der Waals surface area contributed by atoms with E-state index in [0.29, 0.717) is 26.7 Å². The topological polar surface area (TPSA) is 127 Å². The van der Waals surface area contributed by atoms with Crippen molar-refractivity contribution < 1.29 is 24.2 Å². The van der Waals surface area contributed by atoms with E-state index in [4.69, 9.17) is 16.3 Å². The summed E-state index contributed by atoms with van der Waals surface area (Å²) in [5.74, 6) is -0.256. The number of anilines is 2. The molecule has 42 heavy (non-hydrogen) atoms. The number of nitrogens with one attached hydrogen (secondary N) is 1. The van der Waals surface area contributed by atoms with Gasteiger partial charge in [0.05, 0.1) is 28.1 Å². The molecule has 0 fully saturated rings. The normalized spacial score (nSPS) is 11.5. The second-order valence-electron chi connectivity index (χ2n) is 10.3. The fourth-order valence-electron chi connectivity index (χ4n) is 4.12. The van der Waals surface area contributed by atoms with E-state index in [0.717, 1.165) is 20.0 Å². The molecule has 0 aliphatic carbocycles.